The molecule has 25 heavy (non-hydrogen) atoms. The van der Waals surface area contributed by atoms with Crippen LogP contribution in [0, 0.1) is 0 Å². The Labute approximate surface area is 144 Å². The standard InChI is InChI=1S/C20H16N2O3/c23-19-13-17(11-12-20(24)25-18-9-5-2-6-10-18)14-21-22(19)15-16-7-3-1-4-8-16/h1-14H,15H2/b12-11+. The molecular weight excluding hydrogens is 316 g/mol. The van der Waals surface area contributed by atoms with E-state index in [2.05, 4.69) is 5.10 Å². The van der Waals surface area contributed by atoms with Crippen molar-refractivity contribution in [1.82, 2.24) is 9.78 Å². The van der Waals surface area contributed by atoms with Gasteiger partial charge in [0.2, 0.25) is 0 Å². The molecule has 0 spiro atoms. The number of aromatic nitrogens is 2. The summed E-state index contributed by atoms with van der Waals surface area (Å²) in [5.41, 5.74) is 1.30. The number of hydrogen-bond acceptors (Lipinski definition) is 4. The Morgan fingerprint density at radius 3 is 2.40 bits per heavy atom. The summed E-state index contributed by atoms with van der Waals surface area (Å²) in [6.45, 7) is 0.402. The van der Waals surface area contributed by atoms with Gasteiger partial charge in [0.1, 0.15) is 5.75 Å². The molecular formula is C20H16N2O3. The smallest absolute Gasteiger partial charge is 0.336 e. The molecule has 0 fully saturated rings. The Bertz CT molecular complexity index is 932. The highest BCUT2D eigenvalue weighted by molar-refractivity contribution is 5.88. The molecule has 0 aliphatic carbocycles. The third kappa shape index (κ3) is 4.75. The van der Waals surface area contributed by atoms with Crippen molar-refractivity contribution in [3.63, 3.8) is 0 Å². The first-order chi connectivity index (χ1) is 12.2. The zero-order chi connectivity index (χ0) is 17.5. The van der Waals surface area contributed by atoms with E-state index in [1.807, 2.05) is 36.4 Å². The van der Waals surface area contributed by atoms with Crippen LogP contribution in [0.5, 0.6) is 5.75 Å². The van der Waals surface area contributed by atoms with Crippen molar-refractivity contribution in [2.24, 2.45) is 0 Å². The van der Waals surface area contributed by atoms with Crippen molar-refractivity contribution < 1.29 is 9.53 Å². The molecule has 0 saturated heterocycles. The SMILES string of the molecule is O=C(/C=C/c1cnn(Cc2ccccc2)c(=O)c1)Oc1ccccc1. The van der Waals surface area contributed by atoms with Crippen LogP contribution in [0.4, 0.5) is 0 Å². The average molecular weight is 332 g/mol. The molecule has 2 aromatic carbocycles. The highest BCUT2D eigenvalue weighted by Crippen LogP contribution is 2.09. The predicted octanol–water partition coefficient (Wildman–Crippen LogP) is 2.91. The number of ether oxygens (including phenoxy) is 1. The van der Waals surface area contributed by atoms with Crippen LogP contribution in [0.25, 0.3) is 6.08 Å². The third-order valence-electron chi connectivity index (χ3n) is 3.44. The van der Waals surface area contributed by atoms with Gasteiger partial charge in [0.25, 0.3) is 5.56 Å². The molecule has 3 aromatic rings. The quantitative estimate of drug-likeness (QED) is 0.409. The summed E-state index contributed by atoms with van der Waals surface area (Å²) in [5, 5.41) is 4.14. The van der Waals surface area contributed by atoms with E-state index in [1.165, 1.54) is 29.1 Å². The lowest BCUT2D eigenvalue weighted by Crippen LogP contribution is -2.22. The molecule has 0 radical (unpaired) electrons. The van der Waals surface area contributed by atoms with Crippen LogP contribution in [0.2, 0.25) is 0 Å². The Morgan fingerprint density at radius 2 is 1.72 bits per heavy atom. The van der Waals surface area contributed by atoms with Crippen LogP contribution >= 0.6 is 0 Å². The molecule has 0 saturated carbocycles. The van der Waals surface area contributed by atoms with Gasteiger partial charge < -0.3 is 4.74 Å². The van der Waals surface area contributed by atoms with Gasteiger partial charge in [-0.05, 0) is 23.8 Å². The van der Waals surface area contributed by atoms with E-state index in [4.69, 9.17) is 4.74 Å². The van der Waals surface area contributed by atoms with Gasteiger partial charge in [-0.15, -0.1) is 0 Å². The Hall–Kier alpha value is -3.47. The molecule has 124 valence electrons. The normalized spacial score (nSPS) is 10.7. The summed E-state index contributed by atoms with van der Waals surface area (Å²) in [5.74, 6) is -0.0479. The van der Waals surface area contributed by atoms with E-state index in [1.54, 1.807) is 24.3 Å². The molecule has 0 unspecified atom stereocenters. The minimum absolute atomic E-state index is 0.234. The van der Waals surface area contributed by atoms with E-state index >= 15 is 0 Å². The fraction of sp³-hybridized carbons (Fsp3) is 0.0500. The van der Waals surface area contributed by atoms with Gasteiger partial charge in [0, 0.05) is 17.7 Å². The second-order valence-electron chi connectivity index (χ2n) is 5.34. The maximum absolute atomic E-state index is 12.1. The van der Waals surface area contributed by atoms with Crippen LogP contribution < -0.4 is 10.3 Å². The second kappa shape index (κ2) is 7.88. The number of carbonyl (C=O) groups excluding carboxylic acids is 1. The molecule has 0 N–H and O–H groups in total. The predicted molar refractivity (Wildman–Crippen MR) is 95.2 cm³/mol. The number of para-hydroxylation sites is 1. The van der Waals surface area contributed by atoms with E-state index in [0.717, 1.165) is 5.56 Å². The van der Waals surface area contributed by atoms with E-state index < -0.39 is 5.97 Å². The Kier molecular flexibility index (Phi) is 5.16. The van der Waals surface area contributed by atoms with Crippen LogP contribution in [0.3, 0.4) is 0 Å². The van der Waals surface area contributed by atoms with Crippen molar-refractivity contribution >= 4 is 12.0 Å². The van der Waals surface area contributed by atoms with E-state index in [9.17, 15) is 9.59 Å². The summed E-state index contributed by atoms with van der Waals surface area (Å²) in [4.78, 5) is 23.9. The number of esters is 1. The molecule has 5 heteroatoms. The lowest BCUT2D eigenvalue weighted by molar-refractivity contribution is -0.128. The summed E-state index contributed by atoms with van der Waals surface area (Å²) < 4.78 is 6.51. The van der Waals surface area contributed by atoms with Crippen molar-refractivity contribution in [3.8, 4) is 5.75 Å². The monoisotopic (exact) mass is 332 g/mol. The van der Waals surface area contributed by atoms with Gasteiger partial charge in [-0.25, -0.2) is 9.48 Å². The van der Waals surface area contributed by atoms with E-state index in [0.29, 0.717) is 17.9 Å². The van der Waals surface area contributed by atoms with Crippen LogP contribution in [-0.2, 0) is 11.3 Å². The highest BCUT2D eigenvalue weighted by atomic mass is 16.5. The van der Waals surface area contributed by atoms with Crippen LogP contribution in [0.1, 0.15) is 11.1 Å². The van der Waals surface area contributed by atoms with Gasteiger partial charge in [0.05, 0.1) is 12.7 Å². The first kappa shape index (κ1) is 16.4. The maximum Gasteiger partial charge on any atom is 0.336 e. The van der Waals surface area contributed by atoms with Gasteiger partial charge in [-0.3, -0.25) is 4.79 Å². The Morgan fingerprint density at radius 1 is 1.04 bits per heavy atom. The average Bonchev–Trinajstić information content (AvgIpc) is 2.64. The first-order valence-electron chi connectivity index (χ1n) is 7.77. The van der Waals surface area contributed by atoms with Gasteiger partial charge in [-0.2, -0.15) is 5.10 Å². The fourth-order valence-electron chi connectivity index (χ4n) is 2.22. The summed E-state index contributed by atoms with van der Waals surface area (Å²) in [6, 6.07) is 19.8. The number of rotatable bonds is 5. The second-order valence-corrected chi connectivity index (χ2v) is 5.34. The summed E-state index contributed by atoms with van der Waals surface area (Å²) >= 11 is 0. The summed E-state index contributed by atoms with van der Waals surface area (Å²) in [6.07, 6.45) is 4.31. The fourth-order valence-corrected chi connectivity index (χ4v) is 2.22. The molecule has 1 aromatic heterocycles. The molecule has 5 nitrogen and oxygen atoms in total. The minimum atomic E-state index is -0.514. The lowest BCUT2D eigenvalue weighted by atomic mass is 10.2. The molecule has 0 aliphatic heterocycles. The van der Waals surface area contributed by atoms with Crippen molar-refractivity contribution in [2.75, 3.05) is 0 Å². The van der Waals surface area contributed by atoms with Gasteiger partial charge in [-0.1, -0.05) is 48.5 Å². The zero-order valence-electron chi connectivity index (χ0n) is 13.4. The first-order valence-corrected chi connectivity index (χ1v) is 7.77. The molecule has 0 atom stereocenters. The minimum Gasteiger partial charge on any atom is -0.423 e. The lowest BCUT2D eigenvalue weighted by Gasteiger charge is -2.04. The largest absolute Gasteiger partial charge is 0.423 e. The van der Waals surface area contributed by atoms with Gasteiger partial charge in [0.15, 0.2) is 0 Å². The highest BCUT2D eigenvalue weighted by Gasteiger charge is 2.02. The van der Waals surface area contributed by atoms with Crippen molar-refractivity contribution in [2.45, 2.75) is 6.54 Å². The Balaban J connectivity index is 1.66. The number of benzene rings is 2. The number of hydrogen-bond donors (Lipinski definition) is 0. The van der Waals surface area contributed by atoms with Crippen LogP contribution in [0.15, 0.2) is 83.8 Å². The maximum atomic E-state index is 12.1. The van der Waals surface area contributed by atoms with Crippen molar-refractivity contribution in [3.05, 3.63) is 100 Å². The zero-order valence-corrected chi connectivity index (χ0v) is 13.4. The molecule has 0 aliphatic rings. The number of carbonyl (C=O) groups is 1. The number of nitrogens with zero attached hydrogens (tertiary/aromatic N) is 2. The van der Waals surface area contributed by atoms with Crippen molar-refractivity contribution in [1.29, 1.82) is 0 Å². The van der Waals surface area contributed by atoms with Gasteiger partial charge >= 0.3 is 5.97 Å². The van der Waals surface area contributed by atoms with Crippen LogP contribution in [-0.4, -0.2) is 15.7 Å². The molecule has 1 heterocycles. The molecule has 0 amide bonds. The molecule has 3 rings (SSSR count). The molecule has 0 bridgehead atoms. The topological polar surface area (TPSA) is 61.2 Å². The van der Waals surface area contributed by atoms with E-state index in [-0.39, 0.29) is 5.56 Å². The summed E-state index contributed by atoms with van der Waals surface area (Å²) in [7, 11) is 0. The third-order valence-corrected chi connectivity index (χ3v) is 3.44.